The minimum absolute atomic E-state index is 0.103. The second kappa shape index (κ2) is 5.40. The van der Waals surface area contributed by atoms with Gasteiger partial charge in [0, 0.05) is 25.2 Å². The van der Waals surface area contributed by atoms with E-state index in [-0.39, 0.29) is 25.1 Å². The van der Waals surface area contributed by atoms with Crippen LogP contribution in [0.4, 0.5) is 0 Å². The van der Waals surface area contributed by atoms with Gasteiger partial charge in [0.05, 0.1) is 12.2 Å². The quantitative estimate of drug-likeness (QED) is 0.663. The second-order valence-corrected chi connectivity index (χ2v) is 8.98. The molecular weight excluding hydrogens is 290 g/mol. The van der Waals surface area contributed by atoms with E-state index in [0.29, 0.717) is 0 Å². The van der Waals surface area contributed by atoms with Crippen LogP contribution in [0, 0.1) is 0 Å². The number of hydrogen-bond acceptors (Lipinski definition) is 5. The smallest absolute Gasteiger partial charge is 0.228 e. The molecule has 1 heterocycles. The maximum absolute atomic E-state index is 11.9. The maximum Gasteiger partial charge on any atom is 0.228 e. The van der Waals surface area contributed by atoms with Crippen molar-refractivity contribution < 1.29 is 21.6 Å². The number of alkyl halides is 1. The fourth-order valence-electron chi connectivity index (χ4n) is 1.66. The van der Waals surface area contributed by atoms with Crippen molar-refractivity contribution in [3.8, 4) is 0 Å². The van der Waals surface area contributed by atoms with E-state index in [4.69, 9.17) is 16.3 Å². The van der Waals surface area contributed by atoms with Gasteiger partial charge in [-0.05, 0) is 6.92 Å². The summed E-state index contributed by atoms with van der Waals surface area (Å²) in [5.41, 5.74) is 0. The highest BCUT2D eigenvalue weighted by molar-refractivity contribution is 8.06. The summed E-state index contributed by atoms with van der Waals surface area (Å²) in [6, 6.07) is 0. The molecule has 1 rings (SSSR count). The van der Waals surface area contributed by atoms with Crippen molar-refractivity contribution in [2.45, 2.75) is 19.1 Å². The van der Waals surface area contributed by atoms with Crippen LogP contribution in [0.3, 0.4) is 0 Å². The monoisotopic (exact) mass is 305 g/mol. The Balaban J connectivity index is 2.84. The molecule has 1 saturated heterocycles. The number of nitrogens with zero attached hydrogens (tertiary/aromatic N) is 1. The van der Waals surface area contributed by atoms with Crippen molar-refractivity contribution in [3.63, 3.8) is 0 Å². The zero-order valence-corrected chi connectivity index (χ0v) is 12.1. The highest BCUT2D eigenvalue weighted by Crippen LogP contribution is 2.16. The molecule has 0 saturated carbocycles. The number of rotatable bonds is 4. The van der Waals surface area contributed by atoms with Gasteiger partial charge in [-0.2, -0.15) is 4.31 Å². The Morgan fingerprint density at radius 2 is 1.88 bits per heavy atom. The van der Waals surface area contributed by atoms with Crippen molar-refractivity contribution in [3.05, 3.63) is 0 Å². The van der Waals surface area contributed by atoms with E-state index in [9.17, 15) is 16.8 Å². The average Bonchev–Trinajstić information content (AvgIpc) is 2.13. The van der Waals surface area contributed by atoms with Crippen molar-refractivity contribution in [1.29, 1.82) is 0 Å². The highest BCUT2D eigenvalue weighted by atomic mass is 35.5. The predicted octanol–water partition coefficient (Wildman–Crippen LogP) is -0.354. The number of morpholine rings is 1. The topological polar surface area (TPSA) is 80.8 Å². The van der Waals surface area contributed by atoms with Crippen LogP contribution in [0.1, 0.15) is 6.92 Å². The fraction of sp³-hybridized carbons (Fsp3) is 1.00. The van der Waals surface area contributed by atoms with Gasteiger partial charge in [-0.3, -0.25) is 0 Å². The van der Waals surface area contributed by atoms with Crippen LogP contribution in [-0.4, -0.2) is 63.7 Å². The van der Waals surface area contributed by atoms with Crippen molar-refractivity contribution >= 4 is 31.5 Å². The molecule has 0 radical (unpaired) electrons. The molecule has 0 aliphatic carbocycles. The number of sulfone groups is 1. The molecule has 0 spiro atoms. The molecule has 0 bridgehead atoms. The lowest BCUT2D eigenvalue weighted by Gasteiger charge is -2.34. The normalized spacial score (nSPS) is 28.2. The number of sulfonamides is 1. The first kappa shape index (κ1) is 15.2. The van der Waals surface area contributed by atoms with Crippen LogP contribution in [0.15, 0.2) is 0 Å². The maximum atomic E-state index is 11.9. The Morgan fingerprint density at radius 3 is 2.35 bits per heavy atom. The van der Waals surface area contributed by atoms with Gasteiger partial charge in [0.15, 0.2) is 14.9 Å². The first-order valence-electron chi connectivity index (χ1n) is 5.01. The molecule has 1 aliphatic heterocycles. The summed E-state index contributed by atoms with van der Waals surface area (Å²) in [5.74, 6) is 0.176. The Hall–Kier alpha value is 0.110. The van der Waals surface area contributed by atoms with Crippen LogP contribution in [0.5, 0.6) is 0 Å². The van der Waals surface area contributed by atoms with Crippen LogP contribution >= 0.6 is 11.6 Å². The van der Waals surface area contributed by atoms with E-state index in [1.165, 1.54) is 0 Å². The standard InChI is InChI=1S/C8H16ClNO5S2/c1-7-4-10(5-8(3-9)15-7)17(13,14)6-16(2,11)12/h7-8H,3-6H2,1-2H3. The van der Waals surface area contributed by atoms with Crippen molar-refractivity contribution in [2.24, 2.45) is 0 Å². The lowest BCUT2D eigenvalue weighted by atomic mass is 10.3. The Morgan fingerprint density at radius 1 is 1.29 bits per heavy atom. The van der Waals surface area contributed by atoms with E-state index in [2.05, 4.69) is 0 Å². The molecule has 0 aromatic rings. The zero-order valence-electron chi connectivity index (χ0n) is 9.67. The van der Waals surface area contributed by atoms with Gasteiger partial charge < -0.3 is 4.74 Å². The van der Waals surface area contributed by atoms with E-state index in [1.807, 2.05) is 0 Å². The van der Waals surface area contributed by atoms with Gasteiger partial charge in [-0.25, -0.2) is 16.8 Å². The van der Waals surface area contributed by atoms with Crippen molar-refractivity contribution in [1.82, 2.24) is 4.31 Å². The van der Waals surface area contributed by atoms with E-state index in [1.54, 1.807) is 6.92 Å². The number of hydrogen-bond donors (Lipinski definition) is 0. The van der Waals surface area contributed by atoms with Gasteiger partial charge in [0.1, 0.15) is 0 Å². The van der Waals surface area contributed by atoms with Gasteiger partial charge in [0.25, 0.3) is 0 Å². The molecule has 9 heteroatoms. The molecule has 0 aromatic heterocycles. The van der Waals surface area contributed by atoms with Crippen LogP contribution in [0.25, 0.3) is 0 Å². The molecule has 2 unspecified atom stereocenters. The highest BCUT2D eigenvalue weighted by Gasteiger charge is 2.34. The molecule has 2 atom stereocenters. The molecular formula is C8H16ClNO5S2. The molecule has 0 amide bonds. The second-order valence-electron chi connectivity index (χ2n) is 4.20. The first-order chi connectivity index (χ1) is 7.64. The molecule has 1 fully saturated rings. The van der Waals surface area contributed by atoms with Gasteiger partial charge >= 0.3 is 0 Å². The van der Waals surface area contributed by atoms with Crippen LogP contribution in [0.2, 0.25) is 0 Å². The predicted molar refractivity (Wildman–Crippen MR) is 65.3 cm³/mol. The van der Waals surface area contributed by atoms with Gasteiger partial charge in [-0.15, -0.1) is 11.6 Å². The SMILES string of the molecule is CC1CN(S(=O)(=O)CS(C)(=O)=O)CC(CCl)O1. The fourth-order valence-corrected chi connectivity index (χ4v) is 5.42. The summed E-state index contributed by atoms with van der Waals surface area (Å²) in [5, 5.41) is -0.873. The Labute approximate surface area is 107 Å². The minimum atomic E-state index is -3.81. The lowest BCUT2D eigenvalue weighted by Crippen LogP contribution is -2.50. The molecule has 1 aliphatic rings. The van der Waals surface area contributed by atoms with Gasteiger partial charge in [-0.1, -0.05) is 0 Å². The third-order valence-corrected chi connectivity index (χ3v) is 6.55. The molecule has 6 nitrogen and oxygen atoms in total. The first-order valence-corrected chi connectivity index (χ1v) is 9.21. The molecule has 17 heavy (non-hydrogen) atoms. The van der Waals surface area contributed by atoms with Crippen LogP contribution < -0.4 is 0 Å². The van der Waals surface area contributed by atoms with E-state index >= 15 is 0 Å². The summed E-state index contributed by atoms with van der Waals surface area (Å²) >= 11 is 5.63. The molecule has 0 aromatic carbocycles. The molecule has 0 N–H and O–H groups in total. The Kier molecular flexibility index (Phi) is 4.81. The molecule has 102 valence electrons. The lowest BCUT2D eigenvalue weighted by molar-refractivity contribution is -0.0422. The largest absolute Gasteiger partial charge is 0.371 e. The average molecular weight is 306 g/mol. The summed E-state index contributed by atoms with van der Waals surface area (Å²) in [4.78, 5) is 0. The third-order valence-electron chi connectivity index (χ3n) is 2.22. The minimum Gasteiger partial charge on any atom is -0.371 e. The Bertz CT molecular complexity index is 460. The van der Waals surface area contributed by atoms with E-state index in [0.717, 1.165) is 10.6 Å². The number of halogens is 1. The van der Waals surface area contributed by atoms with Crippen LogP contribution in [-0.2, 0) is 24.6 Å². The summed E-state index contributed by atoms with van der Waals surface area (Å²) in [6.07, 6.45) is 0.213. The zero-order chi connectivity index (χ0) is 13.3. The summed E-state index contributed by atoms with van der Waals surface area (Å²) < 4.78 is 52.4. The number of ether oxygens (including phenoxy) is 1. The third kappa shape index (κ3) is 4.70. The summed E-state index contributed by atoms with van der Waals surface area (Å²) in [6.45, 7) is 1.98. The van der Waals surface area contributed by atoms with Crippen molar-refractivity contribution in [2.75, 3.05) is 30.3 Å². The van der Waals surface area contributed by atoms with E-state index < -0.39 is 31.0 Å². The van der Waals surface area contributed by atoms with Gasteiger partial charge in [0.2, 0.25) is 10.0 Å². The summed E-state index contributed by atoms with van der Waals surface area (Å²) in [7, 11) is -7.39.